The molecule has 0 aliphatic rings. The highest BCUT2D eigenvalue weighted by atomic mass is 28.4. The van der Waals surface area contributed by atoms with E-state index in [-0.39, 0.29) is 0 Å². The highest BCUT2D eigenvalue weighted by Gasteiger charge is 2.28. The molecule has 0 N–H and O–H groups in total. The smallest absolute Gasteiger partial charge is 0.293 e. The molecule has 0 aliphatic heterocycles. The predicted octanol–water partition coefficient (Wildman–Crippen LogP) is 2.61. The quantitative estimate of drug-likeness (QED) is 0.386. The van der Waals surface area contributed by atoms with Crippen molar-refractivity contribution in [3.8, 4) is 0 Å². The van der Waals surface area contributed by atoms with Crippen LogP contribution in [0.3, 0.4) is 0 Å². The van der Waals surface area contributed by atoms with E-state index in [9.17, 15) is 4.79 Å². The van der Waals surface area contributed by atoms with Gasteiger partial charge in [-0.1, -0.05) is 0 Å². The van der Waals surface area contributed by atoms with Gasteiger partial charge in [0.05, 0.1) is 6.61 Å². The topological polar surface area (TPSA) is 35.5 Å². The van der Waals surface area contributed by atoms with Crippen LogP contribution in [0.15, 0.2) is 0 Å². The van der Waals surface area contributed by atoms with Crippen molar-refractivity contribution in [1.29, 1.82) is 0 Å². The van der Waals surface area contributed by atoms with Gasteiger partial charge in [-0.05, 0) is 45.2 Å². The fourth-order valence-electron chi connectivity index (χ4n) is 1.51. The number of rotatable bonds is 7. The highest BCUT2D eigenvalue weighted by Crippen LogP contribution is 2.19. The third-order valence-corrected chi connectivity index (χ3v) is 7.91. The first-order valence-corrected chi connectivity index (χ1v) is 11.5. The maximum atomic E-state index is 9.92. The Morgan fingerprint density at radius 3 is 2.14 bits per heavy atom. The third-order valence-electron chi connectivity index (χ3n) is 1.69. The second-order valence-electron chi connectivity index (χ2n) is 5.04. The van der Waals surface area contributed by atoms with Gasteiger partial charge in [-0.15, -0.1) is 0 Å². The molecule has 0 heterocycles. The van der Waals surface area contributed by atoms with Crippen LogP contribution in [0.2, 0.25) is 38.8 Å². The van der Waals surface area contributed by atoms with Crippen molar-refractivity contribution in [2.24, 2.45) is 0 Å². The zero-order valence-corrected chi connectivity index (χ0v) is 11.9. The molecule has 14 heavy (non-hydrogen) atoms. The van der Waals surface area contributed by atoms with Crippen LogP contribution < -0.4 is 0 Å². The number of carbonyl (C=O) groups is 1. The van der Waals surface area contributed by atoms with Crippen molar-refractivity contribution >= 4 is 23.1 Å². The van der Waals surface area contributed by atoms with E-state index < -0.39 is 16.6 Å². The molecule has 5 heteroatoms. The van der Waals surface area contributed by atoms with Gasteiger partial charge in [0.25, 0.3) is 6.47 Å². The van der Waals surface area contributed by atoms with Gasteiger partial charge in [0.1, 0.15) is 0 Å². The molecule has 0 aromatic heterocycles. The fraction of sp³-hybridized carbons (Fsp3) is 0.889. The molecule has 0 aromatic carbocycles. The molecule has 0 aliphatic carbocycles. The molecule has 0 saturated carbocycles. The Kier molecular flexibility index (Phi) is 5.62. The lowest BCUT2D eigenvalue weighted by Gasteiger charge is -2.31. The van der Waals surface area contributed by atoms with Crippen molar-refractivity contribution in [2.45, 2.75) is 45.2 Å². The van der Waals surface area contributed by atoms with E-state index in [0.717, 1.165) is 12.5 Å². The van der Waals surface area contributed by atoms with Gasteiger partial charge < -0.3 is 8.85 Å². The summed E-state index contributed by atoms with van der Waals surface area (Å²) in [6, 6.07) is 1.06. The molecule has 84 valence electrons. The Morgan fingerprint density at radius 1 is 1.14 bits per heavy atom. The van der Waals surface area contributed by atoms with E-state index in [1.165, 1.54) is 0 Å². The second-order valence-corrected chi connectivity index (χ2v) is 14.1. The maximum Gasteiger partial charge on any atom is 0.293 e. The van der Waals surface area contributed by atoms with E-state index >= 15 is 0 Å². The summed E-state index contributed by atoms with van der Waals surface area (Å²) in [5.41, 5.74) is 0. The van der Waals surface area contributed by atoms with Crippen molar-refractivity contribution in [3.63, 3.8) is 0 Å². The number of carbonyl (C=O) groups excluding carboxylic acids is 1. The average Bonchev–Trinajstić information content (AvgIpc) is 1.93. The van der Waals surface area contributed by atoms with Crippen LogP contribution in [0.5, 0.6) is 0 Å². The fourth-order valence-corrected chi connectivity index (χ4v) is 9.54. The van der Waals surface area contributed by atoms with Crippen molar-refractivity contribution in [2.75, 3.05) is 6.61 Å². The molecule has 0 amide bonds. The summed E-state index contributed by atoms with van der Waals surface area (Å²) in [6.07, 6.45) is 0.919. The van der Waals surface area contributed by atoms with Gasteiger partial charge in [0, 0.05) is 0 Å². The predicted molar refractivity (Wildman–Crippen MR) is 63.4 cm³/mol. The summed E-state index contributed by atoms with van der Waals surface area (Å²) in [7, 11) is -2.93. The average molecular weight is 234 g/mol. The molecule has 0 fully saturated rings. The van der Waals surface area contributed by atoms with Crippen LogP contribution in [0.25, 0.3) is 0 Å². The number of hydrogen-bond acceptors (Lipinski definition) is 3. The van der Waals surface area contributed by atoms with Crippen LogP contribution >= 0.6 is 0 Å². The van der Waals surface area contributed by atoms with E-state index in [1.807, 2.05) is 0 Å². The molecular formula is C9H22O3Si2. The Hall–Kier alpha value is -0.136. The van der Waals surface area contributed by atoms with Crippen molar-refractivity contribution < 1.29 is 13.6 Å². The summed E-state index contributed by atoms with van der Waals surface area (Å²) in [5, 5.41) is 0. The SMILES string of the molecule is C[Si](C)(C)O[Si](C)(C)CCCOC=O. The highest BCUT2D eigenvalue weighted by molar-refractivity contribution is 6.84. The van der Waals surface area contributed by atoms with E-state index in [4.69, 9.17) is 4.12 Å². The molecule has 0 aromatic rings. The standard InChI is InChI=1S/C9H22O3Si2/c1-13(2,3)12-14(4,5)8-6-7-11-9-10/h9H,6-8H2,1-5H3. The van der Waals surface area contributed by atoms with Gasteiger partial charge in [-0.25, -0.2) is 0 Å². The molecule has 0 radical (unpaired) electrons. The van der Waals surface area contributed by atoms with Gasteiger partial charge in [0.15, 0.2) is 16.6 Å². The lowest BCUT2D eigenvalue weighted by molar-refractivity contribution is -0.128. The summed E-state index contributed by atoms with van der Waals surface area (Å²) in [5.74, 6) is 0. The first-order chi connectivity index (χ1) is 6.27. The van der Waals surface area contributed by atoms with Gasteiger partial charge >= 0.3 is 0 Å². The Bertz CT molecular complexity index is 175. The minimum Gasteiger partial charge on any atom is -0.468 e. The second kappa shape index (κ2) is 5.67. The zero-order valence-electron chi connectivity index (χ0n) is 9.92. The summed E-state index contributed by atoms with van der Waals surface area (Å²) >= 11 is 0. The minimum absolute atomic E-state index is 0.508. The monoisotopic (exact) mass is 234 g/mol. The third kappa shape index (κ3) is 8.46. The van der Waals surface area contributed by atoms with Crippen LogP contribution in [0, 0.1) is 0 Å². The zero-order chi connectivity index (χ0) is 11.2. The van der Waals surface area contributed by atoms with Crippen LogP contribution in [-0.2, 0) is 13.6 Å². The van der Waals surface area contributed by atoms with Gasteiger partial charge in [-0.2, -0.15) is 0 Å². The van der Waals surface area contributed by atoms with Crippen LogP contribution in [-0.4, -0.2) is 29.7 Å². The van der Waals surface area contributed by atoms with Gasteiger partial charge in [0.2, 0.25) is 0 Å². The molecule has 3 nitrogen and oxygen atoms in total. The van der Waals surface area contributed by atoms with Gasteiger partial charge in [-0.3, -0.25) is 4.79 Å². The molecule has 0 bridgehead atoms. The number of ether oxygens (including phenoxy) is 1. The first kappa shape index (κ1) is 13.9. The lowest BCUT2D eigenvalue weighted by atomic mass is 10.5. The molecule has 0 spiro atoms. The molecule has 0 unspecified atom stereocenters. The molecule has 0 rings (SSSR count). The van der Waals surface area contributed by atoms with Crippen molar-refractivity contribution in [1.82, 2.24) is 0 Å². The minimum atomic E-state index is -1.52. The molecule has 0 atom stereocenters. The first-order valence-electron chi connectivity index (χ1n) is 5.02. The maximum absolute atomic E-state index is 9.92. The number of hydrogen-bond donors (Lipinski definition) is 0. The molecule has 0 saturated heterocycles. The van der Waals surface area contributed by atoms with E-state index in [0.29, 0.717) is 13.1 Å². The Labute approximate surface area is 89.1 Å². The summed E-state index contributed by atoms with van der Waals surface area (Å²) in [6.45, 7) is 12.1. The Morgan fingerprint density at radius 2 is 1.71 bits per heavy atom. The largest absolute Gasteiger partial charge is 0.468 e. The lowest BCUT2D eigenvalue weighted by Crippen LogP contribution is -2.42. The summed E-state index contributed by atoms with van der Waals surface area (Å²) in [4.78, 5) is 9.92. The molecular weight excluding hydrogens is 212 g/mol. The summed E-state index contributed by atoms with van der Waals surface area (Å²) < 4.78 is 10.8. The van der Waals surface area contributed by atoms with Crippen LogP contribution in [0.1, 0.15) is 6.42 Å². The Balaban J connectivity index is 3.77. The van der Waals surface area contributed by atoms with E-state index in [1.54, 1.807) is 0 Å². The van der Waals surface area contributed by atoms with Crippen LogP contribution in [0.4, 0.5) is 0 Å². The normalized spacial score (nSPS) is 12.6. The van der Waals surface area contributed by atoms with E-state index in [2.05, 4.69) is 37.5 Å². The van der Waals surface area contributed by atoms with Crippen molar-refractivity contribution in [3.05, 3.63) is 0 Å².